The molecule has 0 saturated heterocycles. The average molecular weight is 212 g/mol. The molecule has 0 aromatic carbocycles. The zero-order valence-electron chi connectivity index (χ0n) is 9.91. The van der Waals surface area contributed by atoms with E-state index in [4.69, 9.17) is 5.26 Å². The molecule has 86 valence electrons. The van der Waals surface area contributed by atoms with Crippen molar-refractivity contribution in [3.63, 3.8) is 0 Å². The molecule has 0 aliphatic carbocycles. The fourth-order valence-electron chi connectivity index (χ4n) is 1.58. The highest BCUT2D eigenvalue weighted by Crippen LogP contribution is 2.08. The summed E-state index contributed by atoms with van der Waals surface area (Å²) in [6.07, 6.45) is 1.21. The summed E-state index contributed by atoms with van der Waals surface area (Å²) in [7, 11) is 1.40. The van der Waals surface area contributed by atoms with Crippen molar-refractivity contribution in [2.24, 2.45) is 5.92 Å². The van der Waals surface area contributed by atoms with Crippen LogP contribution in [-0.4, -0.2) is 25.2 Å². The number of rotatable bonds is 6. The van der Waals surface area contributed by atoms with E-state index >= 15 is 0 Å². The quantitative estimate of drug-likeness (QED) is 0.677. The van der Waals surface area contributed by atoms with E-state index < -0.39 is 0 Å². The third kappa shape index (κ3) is 6.08. The Hall–Kier alpha value is -1.08. The van der Waals surface area contributed by atoms with Gasteiger partial charge in [0.2, 0.25) is 0 Å². The maximum atomic E-state index is 11.2. The van der Waals surface area contributed by atoms with Gasteiger partial charge in [0.15, 0.2) is 0 Å². The van der Waals surface area contributed by atoms with E-state index in [2.05, 4.69) is 16.1 Å². The van der Waals surface area contributed by atoms with Crippen LogP contribution in [0.25, 0.3) is 0 Å². The number of hydrogen-bond acceptors (Lipinski definition) is 4. The maximum absolute atomic E-state index is 11.2. The van der Waals surface area contributed by atoms with Crippen molar-refractivity contribution < 1.29 is 9.53 Å². The minimum Gasteiger partial charge on any atom is -0.469 e. The first-order valence-electron chi connectivity index (χ1n) is 5.22. The van der Waals surface area contributed by atoms with E-state index in [1.54, 1.807) is 0 Å². The van der Waals surface area contributed by atoms with Crippen molar-refractivity contribution in [2.75, 3.05) is 7.11 Å². The molecule has 0 saturated carbocycles. The summed E-state index contributed by atoms with van der Waals surface area (Å²) >= 11 is 0. The molecule has 0 aliphatic heterocycles. The Kier molecular flexibility index (Phi) is 6.72. The van der Waals surface area contributed by atoms with Crippen molar-refractivity contribution in [1.82, 2.24) is 5.32 Å². The van der Waals surface area contributed by atoms with Gasteiger partial charge in [-0.05, 0) is 20.3 Å². The van der Waals surface area contributed by atoms with Crippen LogP contribution in [0.2, 0.25) is 0 Å². The Morgan fingerprint density at radius 3 is 2.47 bits per heavy atom. The molecule has 0 fully saturated rings. The standard InChI is InChI=1S/C11H20N2O2/c1-8(11(14)15-4)7-10(3)13-9(2)5-6-12/h8-10,13H,5,7H2,1-4H3. The van der Waals surface area contributed by atoms with E-state index in [0.717, 1.165) is 6.42 Å². The number of hydrogen-bond donors (Lipinski definition) is 1. The van der Waals surface area contributed by atoms with Crippen LogP contribution < -0.4 is 5.32 Å². The second-order valence-electron chi connectivity index (χ2n) is 3.99. The minimum atomic E-state index is -0.184. The van der Waals surface area contributed by atoms with Crippen LogP contribution in [-0.2, 0) is 9.53 Å². The highest BCUT2D eigenvalue weighted by atomic mass is 16.5. The van der Waals surface area contributed by atoms with Crippen LogP contribution in [0, 0.1) is 17.2 Å². The predicted octanol–water partition coefficient (Wildman–Crippen LogP) is 1.47. The summed E-state index contributed by atoms with van der Waals surface area (Å²) in [4.78, 5) is 11.2. The van der Waals surface area contributed by atoms with Crippen LogP contribution in [0.15, 0.2) is 0 Å². The highest BCUT2D eigenvalue weighted by molar-refractivity contribution is 5.71. The molecule has 4 heteroatoms. The molecule has 0 rings (SSSR count). The van der Waals surface area contributed by atoms with Gasteiger partial charge in [-0.15, -0.1) is 0 Å². The largest absolute Gasteiger partial charge is 0.469 e. The first-order chi connectivity index (χ1) is 7.01. The smallest absolute Gasteiger partial charge is 0.308 e. The molecule has 0 aromatic rings. The molecule has 1 N–H and O–H groups in total. The SMILES string of the molecule is COC(=O)C(C)CC(C)NC(C)CC#N. The summed E-state index contributed by atoms with van der Waals surface area (Å²) in [6.45, 7) is 5.81. The molecule has 0 heterocycles. The van der Waals surface area contributed by atoms with E-state index in [-0.39, 0.29) is 24.0 Å². The number of nitriles is 1. The molecule has 0 aromatic heterocycles. The van der Waals surface area contributed by atoms with Gasteiger partial charge in [-0.25, -0.2) is 0 Å². The van der Waals surface area contributed by atoms with Gasteiger partial charge in [0.1, 0.15) is 0 Å². The van der Waals surface area contributed by atoms with Gasteiger partial charge in [-0.1, -0.05) is 6.92 Å². The number of nitrogens with one attached hydrogen (secondary N) is 1. The molecule has 0 radical (unpaired) electrons. The summed E-state index contributed by atoms with van der Waals surface area (Å²) in [6, 6.07) is 2.48. The first-order valence-corrected chi connectivity index (χ1v) is 5.22. The fourth-order valence-corrected chi connectivity index (χ4v) is 1.58. The Labute approximate surface area is 91.6 Å². The van der Waals surface area contributed by atoms with E-state index in [1.807, 2.05) is 20.8 Å². The van der Waals surface area contributed by atoms with Gasteiger partial charge in [0.25, 0.3) is 0 Å². The number of carbonyl (C=O) groups is 1. The average Bonchev–Trinajstić information content (AvgIpc) is 2.16. The van der Waals surface area contributed by atoms with Crippen molar-refractivity contribution >= 4 is 5.97 Å². The molecule has 3 unspecified atom stereocenters. The van der Waals surface area contributed by atoms with Crippen LogP contribution in [0.3, 0.4) is 0 Å². The lowest BCUT2D eigenvalue weighted by Gasteiger charge is -2.20. The van der Waals surface area contributed by atoms with Crippen LogP contribution in [0.1, 0.15) is 33.6 Å². The molecule has 15 heavy (non-hydrogen) atoms. The molecule has 4 nitrogen and oxygen atoms in total. The van der Waals surface area contributed by atoms with E-state index in [9.17, 15) is 4.79 Å². The second-order valence-corrected chi connectivity index (χ2v) is 3.99. The summed E-state index contributed by atoms with van der Waals surface area (Å²) in [5, 5.41) is 11.8. The van der Waals surface area contributed by atoms with E-state index in [1.165, 1.54) is 7.11 Å². The maximum Gasteiger partial charge on any atom is 0.308 e. The lowest BCUT2D eigenvalue weighted by molar-refractivity contribution is -0.145. The van der Waals surface area contributed by atoms with Crippen LogP contribution in [0.4, 0.5) is 0 Å². The zero-order valence-corrected chi connectivity index (χ0v) is 9.91. The zero-order chi connectivity index (χ0) is 11.8. The monoisotopic (exact) mass is 212 g/mol. The van der Waals surface area contributed by atoms with Gasteiger partial charge in [0, 0.05) is 12.1 Å². The summed E-state index contributed by atoms with van der Waals surface area (Å²) in [5.74, 6) is -0.289. The molecule has 0 aliphatic rings. The number of nitrogens with zero attached hydrogens (tertiary/aromatic N) is 1. The van der Waals surface area contributed by atoms with Gasteiger partial charge in [-0.2, -0.15) is 5.26 Å². The van der Waals surface area contributed by atoms with Crippen molar-refractivity contribution in [1.29, 1.82) is 5.26 Å². The Balaban J connectivity index is 3.88. The Morgan fingerprint density at radius 2 is 2.00 bits per heavy atom. The van der Waals surface area contributed by atoms with Gasteiger partial charge in [0.05, 0.1) is 25.5 Å². The van der Waals surface area contributed by atoms with Crippen LogP contribution >= 0.6 is 0 Å². The molecule has 0 spiro atoms. The van der Waals surface area contributed by atoms with Gasteiger partial charge >= 0.3 is 5.97 Å². The first kappa shape index (κ1) is 13.9. The molecule has 0 amide bonds. The topological polar surface area (TPSA) is 62.1 Å². The number of carbonyl (C=O) groups excluding carboxylic acids is 1. The molecular weight excluding hydrogens is 192 g/mol. The third-order valence-corrected chi connectivity index (χ3v) is 2.28. The highest BCUT2D eigenvalue weighted by Gasteiger charge is 2.17. The van der Waals surface area contributed by atoms with Gasteiger partial charge < -0.3 is 10.1 Å². The van der Waals surface area contributed by atoms with E-state index in [0.29, 0.717) is 6.42 Å². The molecule has 3 atom stereocenters. The second kappa shape index (κ2) is 7.24. The van der Waals surface area contributed by atoms with Crippen molar-refractivity contribution in [3.8, 4) is 6.07 Å². The number of ether oxygens (including phenoxy) is 1. The molecular formula is C11H20N2O2. The van der Waals surface area contributed by atoms with Crippen molar-refractivity contribution in [2.45, 2.75) is 45.7 Å². The number of methoxy groups -OCH3 is 1. The summed E-state index contributed by atoms with van der Waals surface area (Å²) < 4.78 is 4.65. The molecule has 0 bridgehead atoms. The van der Waals surface area contributed by atoms with Crippen LogP contribution in [0.5, 0.6) is 0 Å². The lowest BCUT2D eigenvalue weighted by atomic mass is 10.0. The number of esters is 1. The lowest BCUT2D eigenvalue weighted by Crippen LogP contribution is -2.36. The third-order valence-electron chi connectivity index (χ3n) is 2.28. The normalized spacial score (nSPS) is 16.2. The van der Waals surface area contributed by atoms with Crippen molar-refractivity contribution in [3.05, 3.63) is 0 Å². The Bertz CT molecular complexity index is 235. The minimum absolute atomic E-state index is 0.105. The predicted molar refractivity (Wildman–Crippen MR) is 58.1 cm³/mol. The van der Waals surface area contributed by atoms with Gasteiger partial charge in [-0.3, -0.25) is 4.79 Å². The Morgan fingerprint density at radius 1 is 1.40 bits per heavy atom. The summed E-state index contributed by atoms with van der Waals surface area (Å²) in [5.41, 5.74) is 0. The fraction of sp³-hybridized carbons (Fsp3) is 0.818.